The summed E-state index contributed by atoms with van der Waals surface area (Å²) in [5.74, 6) is 0. The van der Waals surface area contributed by atoms with Gasteiger partial charge >= 0.3 is 0 Å². The van der Waals surface area contributed by atoms with Crippen molar-refractivity contribution in [2.24, 2.45) is 5.41 Å². The topological polar surface area (TPSA) is 39.1 Å². The Balaban J connectivity index is 2.20. The fourth-order valence-electron chi connectivity index (χ4n) is 2.99. The summed E-state index contributed by atoms with van der Waals surface area (Å²) in [6.07, 6.45) is 5.91. The van der Waals surface area contributed by atoms with Gasteiger partial charge in [0.2, 0.25) is 0 Å². The zero-order valence-electron chi connectivity index (χ0n) is 14.1. The van der Waals surface area contributed by atoms with Crippen molar-refractivity contribution in [2.75, 3.05) is 19.6 Å². The second kappa shape index (κ2) is 7.43. The Kier molecular flexibility index (Phi) is 6.48. The van der Waals surface area contributed by atoms with Gasteiger partial charge in [0.1, 0.15) is 5.54 Å². The standard InChI is InChI=1S/C17H33N3/c1-15(2)19-17(5,14-18)8-6-7-11-20-12-9-16(3,4)10-13-20/h15,19H,6-13H2,1-5H3. The van der Waals surface area contributed by atoms with Crippen LogP contribution in [0.2, 0.25) is 0 Å². The highest BCUT2D eigenvalue weighted by molar-refractivity contribution is 5.04. The summed E-state index contributed by atoms with van der Waals surface area (Å²) < 4.78 is 0. The molecule has 0 saturated carbocycles. The molecule has 0 aromatic heterocycles. The first-order valence-corrected chi connectivity index (χ1v) is 8.18. The van der Waals surface area contributed by atoms with Gasteiger partial charge in [-0.3, -0.25) is 5.32 Å². The van der Waals surface area contributed by atoms with Crippen molar-refractivity contribution in [2.45, 2.75) is 78.3 Å². The van der Waals surface area contributed by atoms with E-state index < -0.39 is 0 Å². The van der Waals surface area contributed by atoms with Crippen LogP contribution in [0.3, 0.4) is 0 Å². The molecule has 1 aliphatic heterocycles. The molecule has 1 rings (SSSR count). The molecule has 1 unspecified atom stereocenters. The van der Waals surface area contributed by atoms with Gasteiger partial charge in [-0.25, -0.2) is 0 Å². The van der Waals surface area contributed by atoms with Crippen LogP contribution in [0.5, 0.6) is 0 Å². The molecule has 0 radical (unpaired) electrons. The molecule has 0 bridgehead atoms. The second-order valence-electron chi connectivity index (χ2n) is 7.71. The van der Waals surface area contributed by atoms with Gasteiger partial charge in [-0.1, -0.05) is 13.8 Å². The van der Waals surface area contributed by atoms with Crippen LogP contribution in [0, 0.1) is 16.7 Å². The molecule has 0 aromatic carbocycles. The Labute approximate surface area is 125 Å². The molecule has 0 aromatic rings. The van der Waals surface area contributed by atoms with E-state index in [2.05, 4.69) is 44.0 Å². The lowest BCUT2D eigenvalue weighted by molar-refractivity contribution is 0.130. The van der Waals surface area contributed by atoms with Crippen LogP contribution in [0.25, 0.3) is 0 Å². The number of nitriles is 1. The summed E-state index contributed by atoms with van der Waals surface area (Å²) in [5.41, 5.74) is 0.176. The molecule has 0 amide bonds. The van der Waals surface area contributed by atoms with Crippen molar-refractivity contribution >= 4 is 0 Å². The van der Waals surface area contributed by atoms with Crippen LogP contribution in [0.1, 0.15) is 66.7 Å². The molecule has 1 fully saturated rings. The van der Waals surface area contributed by atoms with Crippen molar-refractivity contribution < 1.29 is 0 Å². The summed E-state index contributed by atoms with van der Waals surface area (Å²) in [7, 11) is 0. The Morgan fingerprint density at radius 2 is 1.85 bits per heavy atom. The zero-order chi connectivity index (χ0) is 15.2. The minimum Gasteiger partial charge on any atom is -0.303 e. The zero-order valence-corrected chi connectivity index (χ0v) is 14.1. The fourth-order valence-corrected chi connectivity index (χ4v) is 2.99. The van der Waals surface area contributed by atoms with Gasteiger partial charge in [-0.2, -0.15) is 5.26 Å². The van der Waals surface area contributed by atoms with Crippen molar-refractivity contribution in [3.8, 4) is 6.07 Å². The van der Waals surface area contributed by atoms with E-state index in [0.717, 1.165) is 12.8 Å². The molecular weight excluding hydrogens is 246 g/mol. The predicted molar refractivity (Wildman–Crippen MR) is 85.6 cm³/mol. The average Bonchev–Trinajstić information content (AvgIpc) is 2.35. The highest BCUT2D eigenvalue weighted by atomic mass is 15.1. The maximum Gasteiger partial charge on any atom is 0.104 e. The Bertz CT molecular complexity index is 320. The SMILES string of the molecule is CC(C)NC(C)(C#N)CCCCN1CCC(C)(C)CC1. The Morgan fingerprint density at radius 3 is 2.35 bits per heavy atom. The van der Waals surface area contributed by atoms with Gasteiger partial charge in [-0.05, 0) is 77.9 Å². The minimum absolute atomic E-state index is 0.363. The molecule has 1 N–H and O–H groups in total. The molecule has 0 spiro atoms. The third-order valence-electron chi connectivity index (χ3n) is 4.46. The first-order valence-electron chi connectivity index (χ1n) is 8.18. The average molecular weight is 279 g/mol. The lowest BCUT2D eigenvalue weighted by Gasteiger charge is -2.37. The third kappa shape index (κ3) is 6.24. The van der Waals surface area contributed by atoms with E-state index in [9.17, 15) is 5.26 Å². The highest BCUT2D eigenvalue weighted by Crippen LogP contribution is 2.29. The number of nitrogens with zero attached hydrogens (tertiary/aromatic N) is 2. The van der Waals surface area contributed by atoms with E-state index in [1.165, 1.54) is 38.9 Å². The first-order chi connectivity index (χ1) is 9.26. The minimum atomic E-state index is -0.363. The van der Waals surface area contributed by atoms with Gasteiger partial charge in [-0.15, -0.1) is 0 Å². The number of hydrogen-bond acceptors (Lipinski definition) is 3. The third-order valence-corrected chi connectivity index (χ3v) is 4.46. The molecule has 1 saturated heterocycles. The Morgan fingerprint density at radius 1 is 1.25 bits per heavy atom. The van der Waals surface area contributed by atoms with Crippen molar-refractivity contribution in [1.29, 1.82) is 5.26 Å². The van der Waals surface area contributed by atoms with Crippen molar-refractivity contribution in [1.82, 2.24) is 10.2 Å². The van der Waals surface area contributed by atoms with Crippen LogP contribution in [-0.2, 0) is 0 Å². The number of unbranched alkanes of at least 4 members (excludes halogenated alkanes) is 1. The highest BCUT2D eigenvalue weighted by Gasteiger charge is 2.26. The summed E-state index contributed by atoms with van der Waals surface area (Å²) in [5, 5.41) is 12.7. The molecule has 1 aliphatic rings. The quantitative estimate of drug-likeness (QED) is 0.724. The lowest BCUT2D eigenvalue weighted by Crippen LogP contribution is -2.45. The van der Waals surface area contributed by atoms with Crippen molar-refractivity contribution in [3.63, 3.8) is 0 Å². The molecule has 3 nitrogen and oxygen atoms in total. The molecule has 0 aliphatic carbocycles. The van der Waals surface area contributed by atoms with E-state index >= 15 is 0 Å². The van der Waals surface area contributed by atoms with Crippen LogP contribution in [0.4, 0.5) is 0 Å². The number of rotatable bonds is 7. The normalized spacial score (nSPS) is 22.4. The smallest absolute Gasteiger partial charge is 0.104 e. The monoisotopic (exact) mass is 279 g/mol. The predicted octanol–water partition coefficient (Wildman–Crippen LogP) is 3.56. The van der Waals surface area contributed by atoms with Crippen LogP contribution < -0.4 is 5.32 Å². The molecule has 1 heterocycles. The number of nitrogens with one attached hydrogen (secondary N) is 1. The Hall–Kier alpha value is -0.590. The maximum atomic E-state index is 9.32. The van der Waals surface area contributed by atoms with E-state index in [4.69, 9.17) is 0 Å². The summed E-state index contributed by atoms with van der Waals surface area (Å²) in [6.45, 7) is 14.7. The number of piperidine rings is 1. The summed E-state index contributed by atoms with van der Waals surface area (Å²) in [4.78, 5) is 2.59. The van der Waals surface area contributed by atoms with Gasteiger partial charge in [0.25, 0.3) is 0 Å². The van der Waals surface area contributed by atoms with E-state index in [1.54, 1.807) is 0 Å². The second-order valence-corrected chi connectivity index (χ2v) is 7.71. The molecule has 1 atom stereocenters. The fraction of sp³-hybridized carbons (Fsp3) is 0.941. The lowest BCUT2D eigenvalue weighted by atomic mass is 9.82. The largest absolute Gasteiger partial charge is 0.303 e. The summed E-state index contributed by atoms with van der Waals surface area (Å²) >= 11 is 0. The maximum absolute atomic E-state index is 9.32. The van der Waals surface area contributed by atoms with Crippen molar-refractivity contribution in [3.05, 3.63) is 0 Å². The van der Waals surface area contributed by atoms with E-state index in [-0.39, 0.29) is 5.54 Å². The van der Waals surface area contributed by atoms with Crippen LogP contribution >= 0.6 is 0 Å². The van der Waals surface area contributed by atoms with Gasteiger partial charge in [0, 0.05) is 6.04 Å². The first kappa shape index (κ1) is 17.5. The van der Waals surface area contributed by atoms with E-state index in [0.29, 0.717) is 11.5 Å². The number of likely N-dealkylation sites (tertiary alicyclic amines) is 1. The van der Waals surface area contributed by atoms with Gasteiger partial charge < -0.3 is 4.90 Å². The summed E-state index contributed by atoms with van der Waals surface area (Å²) in [6, 6.07) is 2.80. The number of hydrogen-bond donors (Lipinski definition) is 1. The van der Waals surface area contributed by atoms with Gasteiger partial charge in [0.15, 0.2) is 0 Å². The molecule has 3 heteroatoms. The van der Waals surface area contributed by atoms with Crippen LogP contribution in [0.15, 0.2) is 0 Å². The van der Waals surface area contributed by atoms with Gasteiger partial charge in [0.05, 0.1) is 6.07 Å². The molecule has 20 heavy (non-hydrogen) atoms. The molecular formula is C17H33N3. The molecule has 116 valence electrons. The van der Waals surface area contributed by atoms with E-state index in [1.807, 2.05) is 6.92 Å². The van der Waals surface area contributed by atoms with Crippen LogP contribution in [-0.4, -0.2) is 36.1 Å².